The van der Waals surface area contributed by atoms with E-state index >= 15 is 0 Å². The van der Waals surface area contributed by atoms with Crippen molar-refractivity contribution >= 4 is 62.0 Å². The van der Waals surface area contributed by atoms with Gasteiger partial charge in [-0.25, -0.2) is 9.97 Å². The molecule has 4 rings (SSSR count). The molecule has 0 saturated carbocycles. The molecule has 0 aliphatic rings. The summed E-state index contributed by atoms with van der Waals surface area (Å²) in [7, 11) is 0. The molecule has 0 N–H and O–H groups in total. The molecule has 1 aromatic carbocycles. The number of carbonyl (C=O) groups excluding carboxylic acids is 1. The predicted molar refractivity (Wildman–Crippen MR) is 133 cm³/mol. The number of fused-ring (bicyclic) bond motifs is 1. The number of anilines is 2. The lowest BCUT2D eigenvalue weighted by Gasteiger charge is -2.20. The summed E-state index contributed by atoms with van der Waals surface area (Å²) in [5, 5.41) is 2.42. The van der Waals surface area contributed by atoms with Crippen molar-refractivity contribution < 1.29 is 4.79 Å². The molecule has 7 nitrogen and oxygen atoms in total. The number of benzene rings is 1. The number of carbonyl (C=O) groups is 1. The fourth-order valence-corrected chi connectivity index (χ4v) is 5.67. The van der Waals surface area contributed by atoms with Gasteiger partial charge < -0.3 is 4.57 Å². The van der Waals surface area contributed by atoms with Crippen LogP contribution in [0.5, 0.6) is 0 Å². The van der Waals surface area contributed by atoms with Crippen molar-refractivity contribution in [2.75, 3.05) is 4.90 Å². The van der Waals surface area contributed by atoms with Crippen LogP contribution in [0.4, 0.5) is 10.8 Å². The van der Waals surface area contributed by atoms with Crippen molar-refractivity contribution in [3.63, 3.8) is 0 Å². The van der Waals surface area contributed by atoms with Gasteiger partial charge in [0.05, 0.1) is 17.9 Å². The second-order valence-electron chi connectivity index (χ2n) is 7.36. The summed E-state index contributed by atoms with van der Waals surface area (Å²) in [5.41, 5.74) is 4.00. The van der Waals surface area contributed by atoms with E-state index in [1.807, 2.05) is 37.4 Å². The lowest BCUT2D eigenvalue weighted by Crippen LogP contribution is -2.24. The van der Waals surface area contributed by atoms with E-state index in [0.29, 0.717) is 31.7 Å². The molecule has 3 aromatic heterocycles. The van der Waals surface area contributed by atoms with E-state index in [9.17, 15) is 9.59 Å². The van der Waals surface area contributed by atoms with Gasteiger partial charge in [-0.05, 0) is 37.7 Å². The second-order valence-corrected chi connectivity index (χ2v) is 9.84. The number of thiazole rings is 2. The van der Waals surface area contributed by atoms with Gasteiger partial charge in [-0.15, -0.1) is 17.9 Å². The summed E-state index contributed by atoms with van der Waals surface area (Å²) in [4.78, 5) is 36.1. The highest BCUT2D eigenvalue weighted by atomic mass is 32.1. The third-order valence-electron chi connectivity index (χ3n) is 4.93. The number of aromatic nitrogens is 4. The Morgan fingerprint density at radius 1 is 1.34 bits per heavy atom. The summed E-state index contributed by atoms with van der Waals surface area (Å²) in [5.74, 6) is -0.124. The van der Waals surface area contributed by atoms with Crippen molar-refractivity contribution in [1.29, 1.82) is 0 Å². The Hall–Kier alpha value is -2.95. The van der Waals surface area contributed by atoms with Gasteiger partial charge >= 0.3 is 0 Å². The van der Waals surface area contributed by atoms with Gasteiger partial charge in [0.15, 0.2) is 14.7 Å². The average molecular weight is 484 g/mol. The minimum absolute atomic E-state index is 0.124. The number of allylic oxidation sites excluding steroid dienone is 1. The standard InChI is InChI=1S/C22H21N5O2S3/c1-5-8-26-19-18(32-22(26)30)20(29)25(12-23-19)10-16-11-31-21(24-16)27(15(4)28)17-7-6-13(2)9-14(17)3/h5-7,9,11-12H,1,8,10H2,2-4H3. The molecule has 0 fully saturated rings. The Labute approximate surface area is 197 Å². The minimum atomic E-state index is -0.165. The molecule has 10 heteroatoms. The first kappa shape index (κ1) is 22.3. The van der Waals surface area contributed by atoms with Gasteiger partial charge in [0.1, 0.15) is 11.0 Å². The Bertz CT molecular complexity index is 1460. The molecule has 0 aliphatic carbocycles. The van der Waals surface area contributed by atoms with Gasteiger partial charge in [-0.1, -0.05) is 35.1 Å². The van der Waals surface area contributed by atoms with E-state index in [1.54, 1.807) is 15.5 Å². The van der Waals surface area contributed by atoms with Gasteiger partial charge in [0.2, 0.25) is 5.91 Å². The highest BCUT2D eigenvalue weighted by Gasteiger charge is 2.20. The van der Waals surface area contributed by atoms with E-state index in [4.69, 9.17) is 12.2 Å². The summed E-state index contributed by atoms with van der Waals surface area (Å²) in [6, 6.07) is 5.94. The molecule has 0 spiro atoms. The zero-order chi connectivity index (χ0) is 23.0. The molecule has 0 unspecified atom stereocenters. The Morgan fingerprint density at radius 2 is 2.12 bits per heavy atom. The summed E-state index contributed by atoms with van der Waals surface area (Å²) in [6.45, 7) is 9.99. The summed E-state index contributed by atoms with van der Waals surface area (Å²) < 4.78 is 4.41. The van der Waals surface area contributed by atoms with E-state index in [1.165, 1.54) is 40.5 Å². The van der Waals surface area contributed by atoms with Gasteiger partial charge in [-0.3, -0.25) is 19.1 Å². The van der Waals surface area contributed by atoms with Crippen molar-refractivity contribution in [3.05, 3.63) is 73.7 Å². The number of amides is 1. The molecule has 0 saturated heterocycles. The zero-order valence-electron chi connectivity index (χ0n) is 17.9. The van der Waals surface area contributed by atoms with Crippen molar-refractivity contribution in [3.8, 4) is 0 Å². The normalized spacial score (nSPS) is 11.1. The smallest absolute Gasteiger partial charge is 0.273 e. The van der Waals surface area contributed by atoms with Crippen LogP contribution in [0.1, 0.15) is 23.7 Å². The van der Waals surface area contributed by atoms with Gasteiger partial charge in [-0.2, -0.15) is 0 Å². The van der Waals surface area contributed by atoms with Crippen LogP contribution in [-0.4, -0.2) is 25.0 Å². The third kappa shape index (κ3) is 4.08. The summed E-state index contributed by atoms with van der Waals surface area (Å²) >= 11 is 7.98. The lowest BCUT2D eigenvalue weighted by molar-refractivity contribution is -0.115. The highest BCUT2D eigenvalue weighted by molar-refractivity contribution is 7.73. The zero-order valence-corrected chi connectivity index (χ0v) is 20.3. The van der Waals surface area contributed by atoms with E-state index in [2.05, 4.69) is 16.5 Å². The molecular weight excluding hydrogens is 462 g/mol. The number of hydrogen-bond acceptors (Lipinski definition) is 7. The topological polar surface area (TPSA) is 73.0 Å². The molecule has 0 radical (unpaired) electrons. The first-order valence-corrected chi connectivity index (χ1v) is 11.9. The maximum absolute atomic E-state index is 13.0. The maximum Gasteiger partial charge on any atom is 0.273 e. The van der Waals surface area contributed by atoms with Crippen molar-refractivity contribution in [1.82, 2.24) is 19.1 Å². The largest absolute Gasteiger partial charge is 0.304 e. The van der Waals surface area contributed by atoms with E-state index < -0.39 is 0 Å². The van der Waals surface area contributed by atoms with Crippen LogP contribution in [0.2, 0.25) is 0 Å². The quantitative estimate of drug-likeness (QED) is 0.286. The average Bonchev–Trinajstić information content (AvgIpc) is 3.31. The molecular formula is C22H21N5O2S3. The molecule has 0 bridgehead atoms. The molecule has 0 atom stereocenters. The molecule has 0 aliphatic heterocycles. The van der Waals surface area contributed by atoms with Crippen LogP contribution in [0.3, 0.4) is 0 Å². The first-order valence-electron chi connectivity index (χ1n) is 9.82. The van der Waals surface area contributed by atoms with E-state index in [-0.39, 0.29) is 18.0 Å². The van der Waals surface area contributed by atoms with Crippen molar-refractivity contribution in [2.24, 2.45) is 0 Å². The van der Waals surface area contributed by atoms with Crippen LogP contribution in [0.15, 0.2) is 47.4 Å². The molecule has 32 heavy (non-hydrogen) atoms. The number of nitrogens with zero attached hydrogens (tertiary/aromatic N) is 5. The Morgan fingerprint density at radius 3 is 2.81 bits per heavy atom. The van der Waals surface area contributed by atoms with Crippen molar-refractivity contribution in [2.45, 2.75) is 33.9 Å². The lowest BCUT2D eigenvalue weighted by atomic mass is 10.1. The fraction of sp³-hybridized carbons (Fsp3) is 0.227. The van der Waals surface area contributed by atoms with Crippen LogP contribution in [0, 0.1) is 17.8 Å². The fourth-order valence-electron chi connectivity index (χ4n) is 3.48. The van der Waals surface area contributed by atoms with Crippen LogP contribution in [0.25, 0.3) is 10.3 Å². The maximum atomic E-state index is 13.0. The molecule has 4 aromatic rings. The minimum Gasteiger partial charge on any atom is -0.304 e. The summed E-state index contributed by atoms with van der Waals surface area (Å²) in [6.07, 6.45) is 3.24. The SMILES string of the molecule is C=CCn1c(=S)sc2c(=O)n(Cc3csc(N(C(C)=O)c4ccc(C)cc4C)n3)cnc21. The first-order chi connectivity index (χ1) is 15.3. The van der Waals surface area contributed by atoms with Crippen LogP contribution >= 0.6 is 34.9 Å². The molecule has 164 valence electrons. The Balaban J connectivity index is 1.68. The van der Waals surface area contributed by atoms with Crippen LogP contribution < -0.4 is 10.5 Å². The van der Waals surface area contributed by atoms with Gasteiger partial charge in [0, 0.05) is 18.8 Å². The number of rotatable bonds is 6. The van der Waals surface area contributed by atoms with Crippen LogP contribution in [-0.2, 0) is 17.9 Å². The third-order valence-corrected chi connectivity index (χ3v) is 7.23. The molecule has 1 amide bonds. The van der Waals surface area contributed by atoms with Gasteiger partial charge in [0.25, 0.3) is 5.56 Å². The number of hydrogen-bond donors (Lipinski definition) is 0. The second kappa shape index (κ2) is 8.89. The Kier molecular flexibility index (Phi) is 6.18. The number of aryl methyl sites for hydroxylation is 2. The monoisotopic (exact) mass is 483 g/mol. The molecule has 3 heterocycles. The predicted octanol–water partition coefficient (Wildman–Crippen LogP) is 4.98. The highest BCUT2D eigenvalue weighted by Crippen LogP contribution is 2.32. The van der Waals surface area contributed by atoms with E-state index in [0.717, 1.165) is 16.8 Å².